The summed E-state index contributed by atoms with van der Waals surface area (Å²) < 4.78 is 5.40. The Labute approximate surface area is 222 Å². The molecular weight excluding hydrogens is 428 g/mol. The number of carbonyl (C=O) groups is 1. The van der Waals surface area contributed by atoms with Crippen molar-refractivity contribution < 1.29 is 9.53 Å². The van der Waals surface area contributed by atoms with Crippen molar-refractivity contribution in [3.8, 4) is 0 Å². The third-order valence-corrected chi connectivity index (χ3v) is 7.50. The van der Waals surface area contributed by atoms with Crippen LogP contribution >= 0.6 is 0 Å². The van der Waals surface area contributed by atoms with Gasteiger partial charge >= 0.3 is 5.97 Å². The molecule has 0 amide bonds. The van der Waals surface area contributed by atoms with Gasteiger partial charge in [-0.15, -0.1) is 0 Å². The first-order valence-electron chi connectivity index (χ1n) is 16.5. The third-order valence-electron chi connectivity index (χ3n) is 7.50. The van der Waals surface area contributed by atoms with Crippen molar-refractivity contribution >= 4 is 5.97 Å². The van der Waals surface area contributed by atoms with E-state index in [0.29, 0.717) is 13.0 Å². The Morgan fingerprint density at radius 2 is 0.629 bits per heavy atom. The molecule has 0 aromatic heterocycles. The monoisotopic (exact) mass is 495 g/mol. The fourth-order valence-corrected chi connectivity index (χ4v) is 5.02. The highest BCUT2D eigenvalue weighted by Crippen LogP contribution is 2.15. The zero-order chi connectivity index (χ0) is 25.5. The van der Waals surface area contributed by atoms with Gasteiger partial charge < -0.3 is 4.74 Å². The molecule has 0 bridgehead atoms. The van der Waals surface area contributed by atoms with E-state index >= 15 is 0 Å². The van der Waals surface area contributed by atoms with Gasteiger partial charge in [0.25, 0.3) is 0 Å². The molecule has 0 saturated heterocycles. The Morgan fingerprint density at radius 1 is 0.371 bits per heavy atom. The minimum absolute atomic E-state index is 0.0220. The van der Waals surface area contributed by atoms with E-state index in [4.69, 9.17) is 4.74 Å². The largest absolute Gasteiger partial charge is 0.466 e. The van der Waals surface area contributed by atoms with E-state index in [9.17, 15) is 4.79 Å². The topological polar surface area (TPSA) is 26.3 Å². The Morgan fingerprint density at radius 3 is 0.943 bits per heavy atom. The molecule has 0 aromatic carbocycles. The Bertz CT molecular complexity index is 393. The van der Waals surface area contributed by atoms with Crippen LogP contribution in [0.25, 0.3) is 0 Å². The normalized spacial score (nSPS) is 11.3. The van der Waals surface area contributed by atoms with Crippen molar-refractivity contribution in [2.75, 3.05) is 6.61 Å². The molecule has 0 fully saturated rings. The summed E-state index contributed by atoms with van der Waals surface area (Å²) in [5.41, 5.74) is 0. The molecule has 0 saturated carbocycles. The predicted molar refractivity (Wildman–Crippen MR) is 156 cm³/mol. The van der Waals surface area contributed by atoms with Gasteiger partial charge in [-0.2, -0.15) is 0 Å². The number of unbranched alkanes of at least 4 members (excludes halogenated alkanes) is 26. The molecule has 0 aliphatic heterocycles. The van der Waals surface area contributed by atoms with Crippen LogP contribution in [0.2, 0.25) is 0 Å². The van der Waals surface area contributed by atoms with Gasteiger partial charge in [0.15, 0.2) is 0 Å². The molecule has 35 heavy (non-hydrogen) atoms. The fourth-order valence-electron chi connectivity index (χ4n) is 5.02. The lowest BCUT2D eigenvalue weighted by Gasteiger charge is -2.06. The van der Waals surface area contributed by atoms with Crippen molar-refractivity contribution in [3.05, 3.63) is 0 Å². The van der Waals surface area contributed by atoms with Gasteiger partial charge in [0, 0.05) is 6.42 Å². The molecule has 0 aromatic rings. The summed E-state index contributed by atoms with van der Waals surface area (Å²) >= 11 is 0. The zero-order valence-corrected chi connectivity index (χ0v) is 24.5. The highest BCUT2D eigenvalue weighted by molar-refractivity contribution is 5.69. The number of hydrogen-bond acceptors (Lipinski definition) is 2. The number of carbonyl (C=O) groups excluding carboxylic acids is 1. The van der Waals surface area contributed by atoms with Crippen LogP contribution in [-0.4, -0.2) is 12.6 Å². The zero-order valence-electron chi connectivity index (χ0n) is 24.5. The van der Waals surface area contributed by atoms with Gasteiger partial charge in [0.1, 0.15) is 0 Å². The van der Waals surface area contributed by atoms with Crippen LogP contribution in [0.5, 0.6) is 0 Å². The van der Waals surface area contributed by atoms with Crippen molar-refractivity contribution in [2.45, 2.75) is 200 Å². The molecule has 0 aliphatic rings. The van der Waals surface area contributed by atoms with Crippen molar-refractivity contribution in [1.82, 2.24) is 0 Å². The lowest BCUT2D eigenvalue weighted by Crippen LogP contribution is -2.05. The maximum Gasteiger partial charge on any atom is 0.305 e. The summed E-state index contributed by atoms with van der Waals surface area (Å²) in [7, 11) is 0. The molecular formula is C33H66O2. The second kappa shape index (κ2) is 31.5. The second-order valence-electron chi connectivity index (χ2n) is 11.2. The van der Waals surface area contributed by atoms with Crippen LogP contribution in [0.3, 0.4) is 0 Å². The molecule has 2 nitrogen and oxygen atoms in total. The molecule has 0 spiro atoms. The van der Waals surface area contributed by atoms with Crippen molar-refractivity contribution in [3.63, 3.8) is 0 Å². The van der Waals surface area contributed by atoms with Gasteiger partial charge in [-0.3, -0.25) is 4.79 Å². The van der Waals surface area contributed by atoms with E-state index in [1.807, 2.05) is 0 Å². The molecule has 0 radical (unpaired) electrons. The van der Waals surface area contributed by atoms with E-state index < -0.39 is 0 Å². The second-order valence-corrected chi connectivity index (χ2v) is 11.2. The average molecular weight is 495 g/mol. The van der Waals surface area contributed by atoms with E-state index in [-0.39, 0.29) is 5.97 Å². The summed E-state index contributed by atoms with van der Waals surface area (Å²) in [6, 6.07) is 0. The van der Waals surface area contributed by atoms with Crippen LogP contribution in [0.4, 0.5) is 0 Å². The Balaban J connectivity index is 3.11. The first kappa shape index (κ1) is 34.5. The summed E-state index contributed by atoms with van der Waals surface area (Å²) in [4.78, 5) is 11.8. The van der Waals surface area contributed by atoms with E-state index in [0.717, 1.165) is 12.8 Å². The molecule has 0 aliphatic carbocycles. The molecule has 0 heterocycles. The van der Waals surface area contributed by atoms with E-state index in [2.05, 4.69) is 13.8 Å². The number of ether oxygens (including phenoxy) is 1. The van der Waals surface area contributed by atoms with Crippen LogP contribution in [0.15, 0.2) is 0 Å². The summed E-state index contributed by atoms with van der Waals surface area (Å²) in [6.07, 6.45) is 38.8. The van der Waals surface area contributed by atoms with Gasteiger partial charge in [0.05, 0.1) is 6.61 Å². The minimum Gasteiger partial charge on any atom is -0.466 e. The third kappa shape index (κ3) is 31.4. The van der Waals surface area contributed by atoms with Gasteiger partial charge in [0.2, 0.25) is 0 Å². The highest BCUT2D eigenvalue weighted by Gasteiger charge is 2.02. The maximum absolute atomic E-state index is 11.8. The van der Waals surface area contributed by atoms with Crippen LogP contribution < -0.4 is 0 Å². The first-order chi connectivity index (χ1) is 17.3. The standard InChI is InChI=1S/C33H66O2/c1-3-5-7-9-11-13-14-15-16-17-18-19-20-21-22-23-24-26-28-30-32-35-33(34)31-29-27-25-12-10-8-6-4-2/h3-32H2,1-2H3. The molecule has 210 valence electrons. The van der Waals surface area contributed by atoms with Crippen LogP contribution in [0.1, 0.15) is 200 Å². The Kier molecular flexibility index (Phi) is 31.0. The SMILES string of the molecule is CCCCCCCCCCCCCCCCCCCCCCOC(=O)CCCCCCCCCC. The maximum atomic E-state index is 11.8. The van der Waals surface area contributed by atoms with Gasteiger partial charge in [-0.25, -0.2) is 0 Å². The van der Waals surface area contributed by atoms with E-state index in [1.165, 1.54) is 167 Å². The van der Waals surface area contributed by atoms with Gasteiger partial charge in [-0.1, -0.05) is 181 Å². The number of hydrogen-bond donors (Lipinski definition) is 0. The highest BCUT2D eigenvalue weighted by atomic mass is 16.5. The van der Waals surface area contributed by atoms with Crippen LogP contribution in [-0.2, 0) is 9.53 Å². The van der Waals surface area contributed by atoms with Crippen LogP contribution in [0, 0.1) is 0 Å². The fraction of sp³-hybridized carbons (Fsp3) is 0.970. The Hall–Kier alpha value is -0.530. The summed E-state index contributed by atoms with van der Waals surface area (Å²) in [6.45, 7) is 5.19. The number of rotatable bonds is 30. The lowest BCUT2D eigenvalue weighted by molar-refractivity contribution is -0.143. The summed E-state index contributed by atoms with van der Waals surface area (Å²) in [5, 5.41) is 0. The molecule has 0 atom stereocenters. The average Bonchev–Trinajstić information content (AvgIpc) is 2.86. The smallest absolute Gasteiger partial charge is 0.305 e. The van der Waals surface area contributed by atoms with Gasteiger partial charge in [-0.05, 0) is 12.8 Å². The molecule has 0 unspecified atom stereocenters. The van der Waals surface area contributed by atoms with Crippen molar-refractivity contribution in [1.29, 1.82) is 0 Å². The molecule has 0 rings (SSSR count). The minimum atomic E-state index is 0.0220. The molecule has 2 heteroatoms. The van der Waals surface area contributed by atoms with Crippen molar-refractivity contribution in [2.24, 2.45) is 0 Å². The summed E-state index contributed by atoms with van der Waals surface area (Å²) in [5.74, 6) is 0.0220. The molecule has 0 N–H and O–H groups in total. The first-order valence-corrected chi connectivity index (χ1v) is 16.5. The van der Waals surface area contributed by atoms with E-state index in [1.54, 1.807) is 0 Å². The number of esters is 1. The predicted octanol–water partition coefficient (Wildman–Crippen LogP) is 11.9. The lowest BCUT2D eigenvalue weighted by atomic mass is 10.0. The quantitative estimate of drug-likeness (QED) is 0.0732.